The quantitative estimate of drug-likeness (QED) is 0.794. The van der Waals surface area contributed by atoms with Crippen LogP contribution in [0.5, 0.6) is 0 Å². The molecule has 0 amide bonds. The molecule has 0 aliphatic heterocycles. The molecule has 5 heteroatoms. The molecule has 0 saturated carbocycles. The Morgan fingerprint density at radius 3 is 2.75 bits per heavy atom. The van der Waals surface area contributed by atoms with Crippen molar-refractivity contribution in [3.05, 3.63) is 34.8 Å². The van der Waals surface area contributed by atoms with Gasteiger partial charge in [0.15, 0.2) is 5.82 Å². The number of aryl methyl sites for hydroxylation is 2. The second kappa shape index (κ2) is 5.17. The van der Waals surface area contributed by atoms with Crippen molar-refractivity contribution in [2.45, 2.75) is 20.8 Å². The van der Waals surface area contributed by atoms with Crippen molar-refractivity contribution in [1.82, 2.24) is 15.0 Å². The van der Waals surface area contributed by atoms with Gasteiger partial charge in [0, 0.05) is 17.6 Å². The van der Waals surface area contributed by atoms with Crippen molar-refractivity contribution in [2.75, 3.05) is 11.9 Å². The SMILES string of the molecule is CCNc1nc(-c2ccccn2)nc2sc(C)c(C)c12. The van der Waals surface area contributed by atoms with E-state index in [-0.39, 0.29) is 0 Å². The Bertz CT molecular complexity index is 749. The van der Waals surface area contributed by atoms with Crippen LogP contribution in [0.1, 0.15) is 17.4 Å². The number of nitrogens with zero attached hydrogens (tertiary/aromatic N) is 3. The Labute approximate surface area is 121 Å². The monoisotopic (exact) mass is 284 g/mol. The fourth-order valence-electron chi connectivity index (χ4n) is 2.15. The molecule has 0 aromatic carbocycles. The molecule has 3 rings (SSSR count). The van der Waals surface area contributed by atoms with Gasteiger partial charge in [0.2, 0.25) is 0 Å². The van der Waals surface area contributed by atoms with Crippen LogP contribution < -0.4 is 5.32 Å². The topological polar surface area (TPSA) is 50.7 Å². The van der Waals surface area contributed by atoms with Crippen LogP contribution in [0.15, 0.2) is 24.4 Å². The third kappa shape index (κ3) is 2.14. The maximum absolute atomic E-state index is 4.67. The summed E-state index contributed by atoms with van der Waals surface area (Å²) in [4.78, 5) is 16.0. The first-order valence-corrected chi connectivity index (χ1v) is 7.45. The molecule has 0 fully saturated rings. The van der Waals surface area contributed by atoms with E-state index in [1.807, 2.05) is 18.2 Å². The zero-order valence-corrected chi connectivity index (χ0v) is 12.6. The molecule has 0 unspecified atom stereocenters. The van der Waals surface area contributed by atoms with Crippen molar-refractivity contribution >= 4 is 27.4 Å². The third-order valence-electron chi connectivity index (χ3n) is 3.27. The lowest BCUT2D eigenvalue weighted by Gasteiger charge is -2.07. The second-order valence-electron chi connectivity index (χ2n) is 4.60. The van der Waals surface area contributed by atoms with Gasteiger partial charge in [-0.05, 0) is 38.5 Å². The number of fused-ring (bicyclic) bond motifs is 1. The lowest BCUT2D eigenvalue weighted by molar-refractivity contribution is 1.13. The van der Waals surface area contributed by atoms with Crippen molar-refractivity contribution in [2.24, 2.45) is 0 Å². The van der Waals surface area contributed by atoms with Crippen molar-refractivity contribution in [3.63, 3.8) is 0 Å². The zero-order valence-electron chi connectivity index (χ0n) is 11.8. The first-order valence-electron chi connectivity index (χ1n) is 6.63. The highest BCUT2D eigenvalue weighted by atomic mass is 32.1. The van der Waals surface area contributed by atoms with Gasteiger partial charge >= 0.3 is 0 Å². The molecule has 3 aromatic heterocycles. The largest absolute Gasteiger partial charge is 0.370 e. The predicted octanol–water partition coefficient (Wildman–Crippen LogP) is 3.80. The van der Waals surface area contributed by atoms with E-state index in [2.05, 4.69) is 41.0 Å². The van der Waals surface area contributed by atoms with E-state index in [9.17, 15) is 0 Å². The van der Waals surface area contributed by atoms with Crippen LogP contribution in [0.2, 0.25) is 0 Å². The third-order valence-corrected chi connectivity index (χ3v) is 4.37. The number of hydrogen-bond donors (Lipinski definition) is 1. The molecule has 0 bridgehead atoms. The maximum Gasteiger partial charge on any atom is 0.181 e. The summed E-state index contributed by atoms with van der Waals surface area (Å²) in [5, 5.41) is 4.48. The van der Waals surface area contributed by atoms with E-state index in [0.717, 1.165) is 28.3 Å². The number of hydrogen-bond acceptors (Lipinski definition) is 5. The standard InChI is InChI=1S/C15H16N4S/c1-4-16-14-12-9(2)10(3)20-15(12)19-13(18-14)11-7-5-6-8-17-11/h5-8H,4H2,1-3H3,(H,16,18,19). The lowest BCUT2D eigenvalue weighted by Crippen LogP contribution is -2.03. The highest BCUT2D eigenvalue weighted by molar-refractivity contribution is 7.18. The minimum atomic E-state index is 0.676. The predicted molar refractivity (Wildman–Crippen MR) is 84.3 cm³/mol. The summed E-state index contributed by atoms with van der Waals surface area (Å²) in [6, 6.07) is 5.78. The molecule has 3 heterocycles. The van der Waals surface area contributed by atoms with Crippen LogP contribution in [0.4, 0.5) is 5.82 Å². The Balaban J connectivity index is 2.26. The minimum absolute atomic E-state index is 0.676. The van der Waals surface area contributed by atoms with E-state index in [1.54, 1.807) is 17.5 Å². The van der Waals surface area contributed by atoms with E-state index < -0.39 is 0 Å². The molecule has 0 saturated heterocycles. The van der Waals surface area contributed by atoms with Crippen LogP contribution in [-0.4, -0.2) is 21.5 Å². The summed E-state index contributed by atoms with van der Waals surface area (Å²) in [6.07, 6.45) is 1.76. The Morgan fingerprint density at radius 1 is 1.20 bits per heavy atom. The highest BCUT2D eigenvalue weighted by Crippen LogP contribution is 2.34. The molecule has 0 radical (unpaired) electrons. The smallest absolute Gasteiger partial charge is 0.181 e. The number of nitrogens with one attached hydrogen (secondary N) is 1. The number of aromatic nitrogens is 3. The molecule has 0 aliphatic rings. The van der Waals surface area contributed by atoms with Crippen molar-refractivity contribution in [1.29, 1.82) is 0 Å². The summed E-state index contributed by atoms with van der Waals surface area (Å²) in [6.45, 7) is 7.15. The Hall–Kier alpha value is -2.01. The van der Waals surface area contributed by atoms with Crippen LogP contribution >= 0.6 is 11.3 Å². The van der Waals surface area contributed by atoms with Gasteiger partial charge in [-0.1, -0.05) is 6.07 Å². The zero-order chi connectivity index (χ0) is 14.1. The molecular formula is C15H16N4S. The van der Waals surface area contributed by atoms with E-state index >= 15 is 0 Å². The summed E-state index contributed by atoms with van der Waals surface area (Å²) in [5.41, 5.74) is 2.06. The fraction of sp³-hybridized carbons (Fsp3) is 0.267. The van der Waals surface area contributed by atoms with Crippen LogP contribution in [0.25, 0.3) is 21.7 Å². The lowest BCUT2D eigenvalue weighted by atomic mass is 10.2. The normalized spacial score (nSPS) is 10.9. The van der Waals surface area contributed by atoms with Gasteiger partial charge in [-0.3, -0.25) is 4.98 Å². The molecule has 3 aromatic rings. The van der Waals surface area contributed by atoms with Gasteiger partial charge in [0.05, 0.1) is 5.39 Å². The first-order chi connectivity index (χ1) is 9.70. The van der Waals surface area contributed by atoms with Crippen LogP contribution in [0.3, 0.4) is 0 Å². The maximum atomic E-state index is 4.67. The van der Waals surface area contributed by atoms with Gasteiger partial charge in [-0.15, -0.1) is 11.3 Å². The number of pyridine rings is 1. The molecule has 4 nitrogen and oxygen atoms in total. The number of anilines is 1. The van der Waals surface area contributed by atoms with Gasteiger partial charge < -0.3 is 5.32 Å². The Kier molecular flexibility index (Phi) is 3.36. The van der Waals surface area contributed by atoms with Gasteiger partial charge in [0.1, 0.15) is 16.3 Å². The molecule has 0 spiro atoms. The van der Waals surface area contributed by atoms with Crippen LogP contribution in [0, 0.1) is 13.8 Å². The summed E-state index contributed by atoms with van der Waals surface area (Å²) < 4.78 is 0. The Morgan fingerprint density at radius 2 is 2.05 bits per heavy atom. The first kappa shape index (κ1) is 13.0. The molecule has 1 N–H and O–H groups in total. The average Bonchev–Trinajstić information content (AvgIpc) is 2.75. The summed E-state index contributed by atoms with van der Waals surface area (Å²) >= 11 is 1.71. The highest BCUT2D eigenvalue weighted by Gasteiger charge is 2.15. The van der Waals surface area contributed by atoms with Gasteiger partial charge in [-0.2, -0.15) is 0 Å². The molecule has 0 aliphatic carbocycles. The average molecular weight is 284 g/mol. The van der Waals surface area contributed by atoms with E-state index in [4.69, 9.17) is 0 Å². The molecule has 0 atom stereocenters. The minimum Gasteiger partial charge on any atom is -0.370 e. The van der Waals surface area contributed by atoms with E-state index in [0.29, 0.717) is 5.82 Å². The second-order valence-corrected chi connectivity index (χ2v) is 5.81. The molecule has 20 heavy (non-hydrogen) atoms. The van der Waals surface area contributed by atoms with Gasteiger partial charge in [-0.25, -0.2) is 9.97 Å². The summed E-state index contributed by atoms with van der Waals surface area (Å²) in [5.74, 6) is 1.58. The molecular weight excluding hydrogens is 268 g/mol. The number of thiophene rings is 1. The van der Waals surface area contributed by atoms with Crippen LogP contribution in [-0.2, 0) is 0 Å². The fourth-order valence-corrected chi connectivity index (χ4v) is 3.18. The molecule has 102 valence electrons. The van der Waals surface area contributed by atoms with Crippen molar-refractivity contribution in [3.8, 4) is 11.5 Å². The summed E-state index contributed by atoms with van der Waals surface area (Å²) in [7, 11) is 0. The van der Waals surface area contributed by atoms with Gasteiger partial charge in [0.25, 0.3) is 0 Å². The van der Waals surface area contributed by atoms with E-state index in [1.165, 1.54) is 10.4 Å². The van der Waals surface area contributed by atoms with Crippen molar-refractivity contribution < 1.29 is 0 Å². The number of rotatable bonds is 3.